The van der Waals surface area contributed by atoms with E-state index in [0.29, 0.717) is 30.4 Å². The number of likely N-dealkylation sites (tertiary alicyclic amines) is 1. The number of benzene rings is 1. The fourth-order valence-corrected chi connectivity index (χ4v) is 3.99. The van der Waals surface area contributed by atoms with Gasteiger partial charge in [0.2, 0.25) is 5.91 Å². The van der Waals surface area contributed by atoms with E-state index < -0.39 is 0 Å². The maximum absolute atomic E-state index is 12.7. The summed E-state index contributed by atoms with van der Waals surface area (Å²) in [7, 11) is 1.77. The maximum atomic E-state index is 12.7. The molecule has 0 spiro atoms. The highest BCUT2D eigenvalue weighted by atomic mass is 35.5. The second kappa shape index (κ2) is 8.79. The highest BCUT2D eigenvalue weighted by Crippen LogP contribution is 2.20. The molecule has 0 unspecified atom stereocenters. The van der Waals surface area contributed by atoms with Gasteiger partial charge in [0.25, 0.3) is 0 Å². The summed E-state index contributed by atoms with van der Waals surface area (Å²) in [5.41, 5.74) is 2.50. The van der Waals surface area contributed by atoms with Gasteiger partial charge >= 0.3 is 6.03 Å². The first kappa shape index (κ1) is 20.3. The number of nitrogens with one attached hydrogen (secondary N) is 2. The van der Waals surface area contributed by atoms with Gasteiger partial charge in [-0.25, -0.2) is 9.78 Å². The molecule has 1 aliphatic heterocycles. The molecule has 30 heavy (non-hydrogen) atoms. The summed E-state index contributed by atoms with van der Waals surface area (Å²) >= 11 is 6.03. The first-order valence-corrected chi connectivity index (χ1v) is 10.3. The zero-order valence-electron chi connectivity index (χ0n) is 16.7. The number of amides is 3. The lowest BCUT2D eigenvalue weighted by Crippen LogP contribution is -2.52. The average molecular weight is 430 g/mol. The Labute approximate surface area is 179 Å². The number of hydrogen-bond donors (Lipinski definition) is 2. The molecule has 1 saturated heterocycles. The molecule has 0 radical (unpaired) electrons. The number of likely N-dealkylation sites (N-methyl/N-ethyl adjacent to an activating group) is 1. The highest BCUT2D eigenvalue weighted by Gasteiger charge is 2.28. The number of H-pyrrole nitrogens is 1. The van der Waals surface area contributed by atoms with E-state index in [9.17, 15) is 9.59 Å². The number of oxazole rings is 1. The number of piperidine rings is 1. The number of fused-ring (bicyclic) bond motifs is 1. The van der Waals surface area contributed by atoms with Gasteiger partial charge < -0.3 is 24.5 Å². The molecule has 4 rings (SSSR count). The third-order valence-electron chi connectivity index (χ3n) is 5.50. The first-order chi connectivity index (χ1) is 14.5. The summed E-state index contributed by atoms with van der Waals surface area (Å²) in [6.07, 6.45) is 4.74. The predicted molar refractivity (Wildman–Crippen MR) is 113 cm³/mol. The van der Waals surface area contributed by atoms with Crippen LogP contribution in [-0.4, -0.2) is 57.9 Å². The van der Waals surface area contributed by atoms with Crippen molar-refractivity contribution in [1.82, 2.24) is 25.1 Å². The van der Waals surface area contributed by atoms with Crippen LogP contribution < -0.4 is 5.32 Å². The van der Waals surface area contributed by atoms with Crippen molar-refractivity contribution in [2.75, 3.05) is 20.1 Å². The number of halogens is 1. The van der Waals surface area contributed by atoms with Crippen molar-refractivity contribution in [2.24, 2.45) is 0 Å². The minimum Gasteiger partial charge on any atom is -0.451 e. The smallest absolute Gasteiger partial charge is 0.317 e. The molecule has 2 aromatic heterocycles. The molecule has 1 aromatic carbocycles. The molecule has 0 aliphatic carbocycles. The lowest BCUT2D eigenvalue weighted by molar-refractivity contribution is -0.132. The van der Waals surface area contributed by atoms with Crippen molar-refractivity contribution in [1.29, 1.82) is 0 Å². The SMILES string of the molecule is CN(C(=O)NCc1cc2cc(Cl)ccc2[nH]1)[C@@H]1CCCN(C(=O)Cc2cocn2)C1. The van der Waals surface area contributed by atoms with Crippen molar-refractivity contribution in [3.05, 3.63) is 53.3 Å². The van der Waals surface area contributed by atoms with Crippen LogP contribution in [0.3, 0.4) is 0 Å². The van der Waals surface area contributed by atoms with E-state index in [0.717, 1.165) is 29.4 Å². The topological polar surface area (TPSA) is 94.5 Å². The summed E-state index contributed by atoms with van der Waals surface area (Å²) in [5, 5.41) is 4.63. The van der Waals surface area contributed by atoms with E-state index in [-0.39, 0.29) is 24.4 Å². The number of carbonyl (C=O) groups is 2. The van der Waals surface area contributed by atoms with Crippen LogP contribution in [0.5, 0.6) is 0 Å². The van der Waals surface area contributed by atoms with Gasteiger partial charge in [-0.05, 0) is 37.1 Å². The van der Waals surface area contributed by atoms with Gasteiger partial charge in [-0.15, -0.1) is 0 Å². The standard InChI is InChI=1S/C21H24ClN5O3/c1-26(18-3-2-6-27(11-18)20(28)9-17-12-30-13-24-17)21(29)23-10-16-8-14-7-15(22)4-5-19(14)25-16/h4-5,7-8,12-13,18,25H,2-3,6,9-11H2,1H3,(H,23,29)/t18-/m1/s1. The van der Waals surface area contributed by atoms with Crippen LogP contribution >= 0.6 is 11.6 Å². The molecule has 9 heteroatoms. The lowest BCUT2D eigenvalue weighted by atomic mass is 10.0. The molecular weight excluding hydrogens is 406 g/mol. The Morgan fingerprint density at radius 2 is 2.27 bits per heavy atom. The highest BCUT2D eigenvalue weighted by molar-refractivity contribution is 6.31. The number of hydrogen-bond acceptors (Lipinski definition) is 4. The fraction of sp³-hybridized carbons (Fsp3) is 0.381. The van der Waals surface area contributed by atoms with Crippen LogP contribution in [0.25, 0.3) is 10.9 Å². The molecule has 1 atom stereocenters. The normalized spacial score (nSPS) is 16.6. The van der Waals surface area contributed by atoms with Crippen LogP contribution in [0.1, 0.15) is 24.2 Å². The average Bonchev–Trinajstić information content (AvgIpc) is 3.40. The first-order valence-electron chi connectivity index (χ1n) is 9.92. The minimum absolute atomic E-state index is 0.000792. The van der Waals surface area contributed by atoms with E-state index >= 15 is 0 Å². The molecule has 0 saturated carbocycles. The quantitative estimate of drug-likeness (QED) is 0.651. The number of urea groups is 1. The fourth-order valence-electron chi connectivity index (χ4n) is 3.81. The van der Waals surface area contributed by atoms with Crippen molar-refractivity contribution >= 4 is 34.4 Å². The number of aromatic amines is 1. The van der Waals surface area contributed by atoms with Gasteiger partial charge in [0.05, 0.1) is 24.7 Å². The van der Waals surface area contributed by atoms with Gasteiger partial charge in [0.1, 0.15) is 6.26 Å². The summed E-state index contributed by atoms with van der Waals surface area (Å²) in [4.78, 5) is 36.0. The summed E-state index contributed by atoms with van der Waals surface area (Å²) in [5.74, 6) is -0.000792. The monoisotopic (exact) mass is 429 g/mol. The van der Waals surface area contributed by atoms with Crippen LogP contribution in [-0.2, 0) is 17.8 Å². The summed E-state index contributed by atoms with van der Waals surface area (Å²) in [6.45, 7) is 1.60. The summed E-state index contributed by atoms with van der Waals surface area (Å²) < 4.78 is 4.93. The molecule has 1 aliphatic rings. The number of carbonyl (C=O) groups excluding carboxylic acids is 2. The van der Waals surface area contributed by atoms with Gasteiger partial charge in [-0.2, -0.15) is 0 Å². The van der Waals surface area contributed by atoms with Crippen molar-refractivity contribution in [2.45, 2.75) is 31.8 Å². The maximum Gasteiger partial charge on any atom is 0.317 e. The molecule has 3 heterocycles. The number of rotatable bonds is 5. The molecule has 3 amide bonds. The molecule has 8 nitrogen and oxygen atoms in total. The van der Waals surface area contributed by atoms with Crippen LogP contribution in [0.4, 0.5) is 4.79 Å². The van der Waals surface area contributed by atoms with Gasteiger partial charge in [0, 0.05) is 41.8 Å². The second-order valence-corrected chi connectivity index (χ2v) is 8.02. The van der Waals surface area contributed by atoms with Crippen molar-refractivity contribution in [3.63, 3.8) is 0 Å². The Balaban J connectivity index is 1.31. The lowest BCUT2D eigenvalue weighted by Gasteiger charge is -2.37. The Kier molecular flexibility index (Phi) is 5.94. The Morgan fingerprint density at radius 1 is 1.40 bits per heavy atom. The van der Waals surface area contributed by atoms with Crippen LogP contribution in [0.2, 0.25) is 5.02 Å². The van der Waals surface area contributed by atoms with Gasteiger partial charge in [-0.3, -0.25) is 4.79 Å². The number of nitrogens with zero attached hydrogens (tertiary/aromatic N) is 3. The van der Waals surface area contributed by atoms with E-state index in [1.54, 1.807) is 16.8 Å². The molecule has 158 valence electrons. The van der Waals surface area contributed by atoms with Gasteiger partial charge in [-0.1, -0.05) is 11.6 Å². The second-order valence-electron chi connectivity index (χ2n) is 7.59. The zero-order chi connectivity index (χ0) is 21.1. The number of aromatic nitrogens is 2. The molecule has 2 N–H and O–H groups in total. The van der Waals surface area contributed by atoms with Crippen molar-refractivity contribution < 1.29 is 14.0 Å². The van der Waals surface area contributed by atoms with E-state index in [4.69, 9.17) is 16.0 Å². The summed E-state index contributed by atoms with van der Waals surface area (Å²) in [6, 6.07) is 7.42. The van der Waals surface area contributed by atoms with Gasteiger partial charge in [0.15, 0.2) is 6.39 Å². The molecular formula is C21H24ClN5O3. The molecule has 3 aromatic rings. The zero-order valence-corrected chi connectivity index (χ0v) is 17.5. The van der Waals surface area contributed by atoms with Crippen LogP contribution in [0, 0.1) is 0 Å². The van der Waals surface area contributed by atoms with E-state index in [1.807, 2.05) is 24.3 Å². The molecule has 0 bridgehead atoms. The Hall–Kier alpha value is -3.00. The van der Waals surface area contributed by atoms with E-state index in [1.165, 1.54) is 12.7 Å². The third kappa shape index (κ3) is 4.59. The largest absolute Gasteiger partial charge is 0.451 e. The minimum atomic E-state index is -0.164. The van der Waals surface area contributed by atoms with E-state index in [2.05, 4.69) is 15.3 Å². The molecule has 1 fully saturated rings. The van der Waals surface area contributed by atoms with Crippen molar-refractivity contribution in [3.8, 4) is 0 Å². The van der Waals surface area contributed by atoms with Crippen LogP contribution in [0.15, 0.2) is 41.3 Å². The predicted octanol–water partition coefficient (Wildman–Crippen LogP) is 3.18. The Bertz CT molecular complexity index is 1030. The Morgan fingerprint density at radius 3 is 3.07 bits per heavy atom. The third-order valence-corrected chi connectivity index (χ3v) is 5.74.